The van der Waals surface area contributed by atoms with Crippen LogP contribution in [0.25, 0.3) is 0 Å². The number of hydrogen-bond donors (Lipinski definition) is 0. The normalized spacial score (nSPS) is 25.5. The van der Waals surface area contributed by atoms with Gasteiger partial charge in [0.05, 0.1) is 29.2 Å². The Morgan fingerprint density at radius 2 is 1.75 bits per heavy atom. The Labute approximate surface area is 115 Å². The number of carbonyl (C=O) groups excluding carboxylic acids is 2. The van der Waals surface area contributed by atoms with Crippen molar-refractivity contribution < 1.29 is 14.0 Å². The lowest BCUT2D eigenvalue weighted by Crippen LogP contribution is -2.31. The van der Waals surface area contributed by atoms with E-state index < -0.39 is 5.82 Å². The third-order valence-corrected chi connectivity index (χ3v) is 4.16. The van der Waals surface area contributed by atoms with Gasteiger partial charge in [0.25, 0.3) is 0 Å². The summed E-state index contributed by atoms with van der Waals surface area (Å²) in [7, 11) is 0. The first-order valence-electron chi connectivity index (χ1n) is 6.71. The van der Waals surface area contributed by atoms with Crippen molar-refractivity contribution in [3.05, 3.63) is 29.6 Å². The van der Waals surface area contributed by atoms with Gasteiger partial charge in [-0.1, -0.05) is 12.8 Å². The lowest BCUT2D eigenvalue weighted by molar-refractivity contribution is -0.122. The number of nitriles is 1. The van der Waals surface area contributed by atoms with Crippen LogP contribution in [0.15, 0.2) is 18.2 Å². The van der Waals surface area contributed by atoms with Gasteiger partial charge in [0.2, 0.25) is 11.8 Å². The van der Waals surface area contributed by atoms with Gasteiger partial charge >= 0.3 is 0 Å². The molecule has 1 saturated heterocycles. The molecule has 1 aromatic rings. The van der Waals surface area contributed by atoms with Crippen LogP contribution in [0.3, 0.4) is 0 Å². The van der Waals surface area contributed by atoms with E-state index in [4.69, 9.17) is 5.26 Å². The zero-order chi connectivity index (χ0) is 14.3. The number of imide groups is 1. The second kappa shape index (κ2) is 4.71. The summed E-state index contributed by atoms with van der Waals surface area (Å²) in [6.45, 7) is 0. The Kier molecular flexibility index (Phi) is 3.01. The molecule has 1 heterocycles. The standard InChI is InChI=1S/C15H13FN2O2/c16-12-7-9(8-17)5-6-13(12)18-14(19)10-3-1-2-4-11(10)15(18)20/h5-7,10-11H,1-4H2. The maximum atomic E-state index is 14.0. The van der Waals surface area contributed by atoms with Gasteiger partial charge in [-0.25, -0.2) is 9.29 Å². The molecule has 2 aliphatic rings. The molecular formula is C15H13FN2O2. The number of anilines is 1. The number of carbonyl (C=O) groups is 2. The molecule has 0 N–H and O–H groups in total. The van der Waals surface area contributed by atoms with Crippen LogP contribution in [0.5, 0.6) is 0 Å². The molecule has 0 radical (unpaired) electrons. The van der Waals surface area contributed by atoms with Gasteiger partial charge in [-0.2, -0.15) is 5.26 Å². The average Bonchev–Trinajstić information content (AvgIpc) is 2.72. The molecule has 20 heavy (non-hydrogen) atoms. The van der Waals surface area contributed by atoms with Crippen LogP contribution < -0.4 is 4.90 Å². The molecule has 102 valence electrons. The number of fused-ring (bicyclic) bond motifs is 1. The predicted molar refractivity (Wildman–Crippen MR) is 69.1 cm³/mol. The summed E-state index contributed by atoms with van der Waals surface area (Å²) in [4.78, 5) is 25.6. The topological polar surface area (TPSA) is 61.2 Å². The molecule has 4 nitrogen and oxygen atoms in total. The number of rotatable bonds is 1. The van der Waals surface area contributed by atoms with E-state index in [0.29, 0.717) is 12.8 Å². The molecule has 5 heteroatoms. The smallest absolute Gasteiger partial charge is 0.237 e. The first-order chi connectivity index (χ1) is 9.63. The summed E-state index contributed by atoms with van der Waals surface area (Å²) in [5, 5.41) is 8.73. The Morgan fingerprint density at radius 1 is 1.15 bits per heavy atom. The van der Waals surface area contributed by atoms with Crippen molar-refractivity contribution in [2.24, 2.45) is 11.8 Å². The summed E-state index contributed by atoms with van der Waals surface area (Å²) in [5.74, 6) is -1.91. The molecule has 0 bridgehead atoms. The van der Waals surface area contributed by atoms with Crippen molar-refractivity contribution >= 4 is 17.5 Å². The summed E-state index contributed by atoms with van der Waals surface area (Å²) < 4.78 is 14.0. The highest BCUT2D eigenvalue weighted by Gasteiger charge is 2.49. The van der Waals surface area contributed by atoms with E-state index in [-0.39, 0.29) is 34.9 Å². The summed E-state index contributed by atoms with van der Waals surface area (Å²) in [5.41, 5.74) is 0.135. The lowest BCUT2D eigenvalue weighted by Gasteiger charge is -2.19. The molecular weight excluding hydrogens is 259 g/mol. The fourth-order valence-corrected chi connectivity index (χ4v) is 3.16. The lowest BCUT2D eigenvalue weighted by atomic mass is 9.81. The van der Waals surface area contributed by atoms with Crippen LogP contribution in [-0.2, 0) is 9.59 Å². The highest BCUT2D eigenvalue weighted by atomic mass is 19.1. The summed E-state index contributed by atoms with van der Waals surface area (Å²) >= 11 is 0. The van der Waals surface area contributed by atoms with Gasteiger partial charge < -0.3 is 0 Å². The first kappa shape index (κ1) is 12.8. The van der Waals surface area contributed by atoms with Gasteiger partial charge in [-0.15, -0.1) is 0 Å². The van der Waals surface area contributed by atoms with Crippen molar-refractivity contribution in [2.75, 3.05) is 4.90 Å². The quantitative estimate of drug-likeness (QED) is 0.737. The Balaban J connectivity index is 2.00. The summed E-state index contributed by atoms with van der Waals surface area (Å²) in [6, 6.07) is 5.63. The van der Waals surface area contributed by atoms with Gasteiger partial charge in [-0.3, -0.25) is 9.59 Å². The van der Waals surface area contributed by atoms with E-state index in [2.05, 4.69) is 0 Å². The van der Waals surface area contributed by atoms with Crippen molar-refractivity contribution in [1.82, 2.24) is 0 Å². The van der Waals surface area contributed by atoms with Gasteiger partial charge in [0, 0.05) is 0 Å². The van der Waals surface area contributed by atoms with E-state index in [9.17, 15) is 14.0 Å². The van der Waals surface area contributed by atoms with Crippen molar-refractivity contribution in [1.29, 1.82) is 5.26 Å². The number of amides is 2. The molecule has 2 atom stereocenters. The second-order valence-electron chi connectivity index (χ2n) is 5.29. The highest BCUT2D eigenvalue weighted by molar-refractivity contribution is 6.22. The van der Waals surface area contributed by atoms with Crippen LogP contribution in [0, 0.1) is 29.0 Å². The molecule has 0 spiro atoms. The molecule has 0 aromatic heterocycles. The van der Waals surface area contributed by atoms with Crippen LogP contribution in [-0.4, -0.2) is 11.8 Å². The minimum atomic E-state index is -0.704. The van der Waals surface area contributed by atoms with Crippen molar-refractivity contribution in [3.8, 4) is 6.07 Å². The maximum Gasteiger partial charge on any atom is 0.237 e. The van der Waals surface area contributed by atoms with E-state index >= 15 is 0 Å². The fraction of sp³-hybridized carbons (Fsp3) is 0.400. The van der Waals surface area contributed by atoms with Crippen LogP contribution in [0.2, 0.25) is 0 Å². The molecule has 1 saturated carbocycles. The van der Waals surface area contributed by atoms with Gasteiger partial charge in [0.1, 0.15) is 5.82 Å². The largest absolute Gasteiger partial charge is 0.274 e. The van der Waals surface area contributed by atoms with Gasteiger partial charge in [-0.05, 0) is 31.0 Å². The molecule has 2 fully saturated rings. The van der Waals surface area contributed by atoms with E-state index in [1.807, 2.05) is 6.07 Å². The molecule has 1 aliphatic heterocycles. The fourth-order valence-electron chi connectivity index (χ4n) is 3.16. The van der Waals surface area contributed by atoms with Crippen molar-refractivity contribution in [2.45, 2.75) is 25.7 Å². The Morgan fingerprint density at radius 3 is 2.25 bits per heavy atom. The van der Waals surface area contributed by atoms with E-state index in [0.717, 1.165) is 23.8 Å². The Hall–Kier alpha value is -2.22. The average molecular weight is 272 g/mol. The van der Waals surface area contributed by atoms with Crippen LogP contribution in [0.4, 0.5) is 10.1 Å². The SMILES string of the molecule is N#Cc1ccc(N2C(=O)C3CCCCC3C2=O)c(F)c1. The Bertz CT molecular complexity index is 611. The predicted octanol–water partition coefficient (Wildman–Crippen LogP) is 2.38. The highest BCUT2D eigenvalue weighted by Crippen LogP contribution is 2.40. The van der Waals surface area contributed by atoms with Crippen LogP contribution >= 0.6 is 0 Å². The first-order valence-corrected chi connectivity index (χ1v) is 6.71. The number of halogens is 1. The molecule has 2 unspecified atom stereocenters. The molecule has 2 amide bonds. The van der Waals surface area contributed by atoms with Crippen molar-refractivity contribution in [3.63, 3.8) is 0 Å². The summed E-state index contributed by atoms with van der Waals surface area (Å²) in [6.07, 6.45) is 3.26. The zero-order valence-electron chi connectivity index (χ0n) is 10.8. The minimum Gasteiger partial charge on any atom is -0.274 e. The number of benzene rings is 1. The minimum absolute atomic E-state index is 0.0339. The van der Waals surface area contributed by atoms with Gasteiger partial charge in [0.15, 0.2) is 0 Å². The zero-order valence-corrected chi connectivity index (χ0v) is 10.8. The van der Waals surface area contributed by atoms with E-state index in [1.165, 1.54) is 12.1 Å². The molecule has 3 rings (SSSR count). The third-order valence-electron chi connectivity index (χ3n) is 4.16. The third kappa shape index (κ3) is 1.80. The number of nitrogens with zero attached hydrogens (tertiary/aromatic N) is 2. The maximum absolute atomic E-state index is 14.0. The monoisotopic (exact) mass is 272 g/mol. The number of hydrogen-bond acceptors (Lipinski definition) is 3. The molecule has 1 aromatic carbocycles. The second-order valence-corrected chi connectivity index (χ2v) is 5.29. The molecule has 1 aliphatic carbocycles. The van der Waals surface area contributed by atoms with E-state index in [1.54, 1.807) is 0 Å². The van der Waals surface area contributed by atoms with Crippen LogP contribution in [0.1, 0.15) is 31.2 Å².